The van der Waals surface area contributed by atoms with Crippen LogP contribution in [0.5, 0.6) is 5.75 Å². The molecule has 0 bridgehead atoms. The minimum Gasteiger partial charge on any atom is -0.495 e. The largest absolute Gasteiger partial charge is 0.495 e. The number of ether oxygens (including phenoxy) is 1. The van der Waals surface area contributed by atoms with Gasteiger partial charge < -0.3 is 15.4 Å². The molecule has 0 aliphatic carbocycles. The van der Waals surface area contributed by atoms with Crippen LogP contribution >= 0.6 is 0 Å². The molecule has 1 aromatic carbocycles. The minimum atomic E-state index is -0.435. The second-order valence-electron chi connectivity index (χ2n) is 4.86. The molecular formula is C16H23N3O2. The lowest BCUT2D eigenvalue weighted by Crippen LogP contribution is -2.38. The molecule has 21 heavy (non-hydrogen) atoms. The fourth-order valence-electron chi connectivity index (χ4n) is 1.97. The molecule has 5 heteroatoms. The minimum absolute atomic E-state index is 0.0825. The first-order valence-electron chi connectivity index (χ1n) is 7.25. The summed E-state index contributed by atoms with van der Waals surface area (Å²) in [6.07, 6.45) is 3.21. The van der Waals surface area contributed by atoms with E-state index < -0.39 is 6.04 Å². The predicted octanol–water partition coefficient (Wildman–Crippen LogP) is 2.67. The normalized spacial score (nSPS) is 11.3. The van der Waals surface area contributed by atoms with E-state index in [9.17, 15) is 4.79 Å². The molecule has 2 N–H and O–H groups in total. The van der Waals surface area contributed by atoms with E-state index in [0.717, 1.165) is 19.3 Å². The molecule has 0 aliphatic heterocycles. The number of anilines is 1. The molecule has 0 heterocycles. The van der Waals surface area contributed by atoms with Crippen molar-refractivity contribution in [1.82, 2.24) is 5.32 Å². The summed E-state index contributed by atoms with van der Waals surface area (Å²) in [5.41, 5.74) is 1.01. The van der Waals surface area contributed by atoms with Gasteiger partial charge in [0.15, 0.2) is 0 Å². The van der Waals surface area contributed by atoms with Gasteiger partial charge in [-0.1, -0.05) is 25.8 Å². The molecule has 1 atom stereocenters. The number of methoxy groups -OCH3 is 1. The lowest BCUT2D eigenvalue weighted by molar-refractivity contribution is -0.121. The third kappa shape index (κ3) is 4.99. The number of hydrogen-bond donors (Lipinski definition) is 2. The zero-order chi connectivity index (χ0) is 15.7. The van der Waals surface area contributed by atoms with E-state index in [4.69, 9.17) is 10.00 Å². The molecule has 5 nitrogen and oxygen atoms in total. The molecule has 0 aliphatic rings. The molecule has 0 saturated carbocycles. The molecule has 0 fully saturated rings. The first-order chi connectivity index (χ1) is 10.1. The van der Waals surface area contributed by atoms with E-state index >= 15 is 0 Å². The average molecular weight is 289 g/mol. The predicted molar refractivity (Wildman–Crippen MR) is 83.3 cm³/mol. The summed E-state index contributed by atoms with van der Waals surface area (Å²) >= 11 is 0. The van der Waals surface area contributed by atoms with Gasteiger partial charge in [-0.3, -0.25) is 4.79 Å². The van der Waals surface area contributed by atoms with Crippen molar-refractivity contribution in [3.63, 3.8) is 0 Å². The van der Waals surface area contributed by atoms with Crippen LogP contribution in [0.15, 0.2) is 18.2 Å². The maximum atomic E-state index is 12.0. The Hall–Kier alpha value is -2.22. The maximum Gasteiger partial charge on any atom is 0.242 e. The molecule has 0 spiro atoms. The number of amides is 1. The summed E-state index contributed by atoms with van der Waals surface area (Å²) in [6, 6.07) is 6.86. The van der Waals surface area contributed by atoms with Crippen molar-refractivity contribution in [1.29, 1.82) is 5.26 Å². The first kappa shape index (κ1) is 16.8. The number of unbranched alkanes of at least 4 members (excludes halogenated alkanes) is 2. The molecule has 0 aromatic heterocycles. The molecule has 0 saturated heterocycles. The van der Waals surface area contributed by atoms with Crippen LogP contribution in [0.3, 0.4) is 0 Å². The SMILES string of the molecule is CCCCCNC(=O)C(C)Nc1c(C#N)cccc1OC. The molecule has 1 unspecified atom stereocenters. The van der Waals surface area contributed by atoms with Gasteiger partial charge in [-0.2, -0.15) is 5.26 Å². The number of nitrogens with zero attached hydrogens (tertiary/aromatic N) is 1. The lowest BCUT2D eigenvalue weighted by Gasteiger charge is -2.18. The highest BCUT2D eigenvalue weighted by atomic mass is 16.5. The molecule has 114 valence electrons. The highest BCUT2D eigenvalue weighted by Gasteiger charge is 2.16. The summed E-state index contributed by atoms with van der Waals surface area (Å²) in [6.45, 7) is 4.57. The van der Waals surface area contributed by atoms with Crippen molar-refractivity contribution in [3.8, 4) is 11.8 Å². The van der Waals surface area contributed by atoms with Crippen LogP contribution in [-0.2, 0) is 4.79 Å². The van der Waals surface area contributed by atoms with Gasteiger partial charge in [-0.05, 0) is 25.5 Å². The Labute approximate surface area is 126 Å². The van der Waals surface area contributed by atoms with Crippen LogP contribution in [0.4, 0.5) is 5.69 Å². The fraction of sp³-hybridized carbons (Fsp3) is 0.500. The van der Waals surface area contributed by atoms with Crippen molar-refractivity contribution < 1.29 is 9.53 Å². The van der Waals surface area contributed by atoms with Crippen molar-refractivity contribution in [3.05, 3.63) is 23.8 Å². The standard InChI is InChI=1S/C16H23N3O2/c1-4-5-6-10-18-16(20)12(2)19-15-13(11-17)8-7-9-14(15)21-3/h7-9,12,19H,4-6,10H2,1-3H3,(H,18,20). The topological polar surface area (TPSA) is 74.2 Å². The quantitative estimate of drug-likeness (QED) is 0.722. The van der Waals surface area contributed by atoms with Gasteiger partial charge in [-0.15, -0.1) is 0 Å². The summed E-state index contributed by atoms with van der Waals surface area (Å²) in [7, 11) is 1.54. The smallest absolute Gasteiger partial charge is 0.242 e. The third-order valence-corrected chi connectivity index (χ3v) is 3.20. The van der Waals surface area contributed by atoms with Crippen LogP contribution in [-0.4, -0.2) is 25.6 Å². The van der Waals surface area contributed by atoms with E-state index in [1.54, 1.807) is 25.1 Å². The lowest BCUT2D eigenvalue weighted by atomic mass is 10.1. The summed E-state index contributed by atoms with van der Waals surface area (Å²) in [4.78, 5) is 12.0. The van der Waals surface area contributed by atoms with Crippen molar-refractivity contribution in [2.75, 3.05) is 19.0 Å². The van der Waals surface area contributed by atoms with Crippen LogP contribution < -0.4 is 15.4 Å². The van der Waals surface area contributed by atoms with Gasteiger partial charge in [-0.25, -0.2) is 0 Å². The summed E-state index contributed by atoms with van der Waals surface area (Å²) in [5, 5.41) is 15.1. The van der Waals surface area contributed by atoms with Gasteiger partial charge in [0.2, 0.25) is 5.91 Å². The number of hydrogen-bond acceptors (Lipinski definition) is 4. The Morgan fingerprint density at radius 3 is 2.81 bits per heavy atom. The zero-order valence-corrected chi connectivity index (χ0v) is 12.9. The Balaban J connectivity index is 2.68. The van der Waals surface area contributed by atoms with Crippen molar-refractivity contribution in [2.45, 2.75) is 39.2 Å². The highest BCUT2D eigenvalue weighted by Crippen LogP contribution is 2.28. The molecule has 0 radical (unpaired) electrons. The number of rotatable bonds is 8. The van der Waals surface area contributed by atoms with E-state index in [1.165, 1.54) is 7.11 Å². The van der Waals surface area contributed by atoms with Gasteiger partial charge in [0.25, 0.3) is 0 Å². The first-order valence-corrected chi connectivity index (χ1v) is 7.25. The van der Waals surface area contributed by atoms with E-state index in [0.29, 0.717) is 23.5 Å². The Bertz CT molecular complexity index is 509. The zero-order valence-electron chi connectivity index (χ0n) is 12.9. The Kier molecular flexibility index (Phi) is 7.10. The van der Waals surface area contributed by atoms with Crippen LogP contribution in [0.2, 0.25) is 0 Å². The summed E-state index contributed by atoms with van der Waals surface area (Å²) < 4.78 is 5.24. The van der Waals surface area contributed by atoms with Crippen LogP contribution in [0.25, 0.3) is 0 Å². The molecule has 1 aromatic rings. The van der Waals surface area contributed by atoms with Crippen molar-refractivity contribution >= 4 is 11.6 Å². The fourth-order valence-corrected chi connectivity index (χ4v) is 1.97. The Morgan fingerprint density at radius 2 is 2.19 bits per heavy atom. The Morgan fingerprint density at radius 1 is 1.43 bits per heavy atom. The number of carbonyl (C=O) groups is 1. The highest BCUT2D eigenvalue weighted by molar-refractivity contribution is 5.85. The monoisotopic (exact) mass is 289 g/mol. The maximum absolute atomic E-state index is 12.0. The van der Waals surface area contributed by atoms with Crippen molar-refractivity contribution in [2.24, 2.45) is 0 Å². The second-order valence-corrected chi connectivity index (χ2v) is 4.86. The van der Waals surface area contributed by atoms with Gasteiger partial charge in [0.1, 0.15) is 17.9 Å². The number of carbonyl (C=O) groups excluding carboxylic acids is 1. The van der Waals surface area contributed by atoms with Gasteiger partial charge in [0.05, 0.1) is 18.4 Å². The third-order valence-electron chi connectivity index (χ3n) is 3.20. The molecular weight excluding hydrogens is 266 g/mol. The average Bonchev–Trinajstić information content (AvgIpc) is 2.51. The molecule has 1 rings (SSSR count). The van der Waals surface area contributed by atoms with Gasteiger partial charge >= 0.3 is 0 Å². The number of nitrogens with one attached hydrogen (secondary N) is 2. The van der Waals surface area contributed by atoms with E-state index in [2.05, 4.69) is 23.6 Å². The molecule has 1 amide bonds. The number of nitriles is 1. The van der Waals surface area contributed by atoms with E-state index in [-0.39, 0.29) is 5.91 Å². The summed E-state index contributed by atoms with van der Waals surface area (Å²) in [5.74, 6) is 0.473. The number of benzene rings is 1. The second kappa shape index (κ2) is 8.85. The van der Waals surface area contributed by atoms with E-state index in [1.807, 2.05) is 0 Å². The van der Waals surface area contributed by atoms with Crippen LogP contribution in [0.1, 0.15) is 38.7 Å². The number of para-hydroxylation sites is 1. The van der Waals surface area contributed by atoms with Crippen LogP contribution in [0, 0.1) is 11.3 Å². The van der Waals surface area contributed by atoms with Gasteiger partial charge in [0, 0.05) is 6.54 Å².